The first-order valence-electron chi connectivity index (χ1n) is 3.50. The molecule has 1 N–H and O–H groups in total. The Bertz CT molecular complexity index is 53.9. The maximum absolute atomic E-state index is 5.11. The molecule has 0 aromatic heterocycles. The molecule has 0 amide bonds. The highest BCUT2D eigenvalue weighted by molar-refractivity contribution is 4.41. The first kappa shape index (κ1) is 8.92. The van der Waals surface area contributed by atoms with Crippen LogP contribution in [0.15, 0.2) is 0 Å². The second-order valence-electron chi connectivity index (χ2n) is 2.98. The fourth-order valence-corrected chi connectivity index (χ4v) is 0.381. The molecule has 0 atom stereocenters. The lowest BCUT2D eigenvalue weighted by molar-refractivity contribution is 0.00827. The quantitative estimate of drug-likeness (QED) is 0.585. The van der Waals surface area contributed by atoms with Crippen LogP contribution in [0.3, 0.4) is 0 Å². The molecule has 0 saturated heterocycles. The van der Waals surface area contributed by atoms with Gasteiger partial charge in [-0.15, -0.1) is 0 Å². The molecule has 0 saturated carbocycles. The predicted molar refractivity (Wildman–Crippen MR) is 39.1 cm³/mol. The molecule has 0 spiro atoms. The van der Waals surface area contributed by atoms with Crippen LogP contribution in [0.4, 0.5) is 0 Å². The Morgan fingerprint density at radius 3 is 2.11 bits per heavy atom. The molecule has 0 aliphatic heterocycles. The summed E-state index contributed by atoms with van der Waals surface area (Å²) in [6.07, 6.45) is 0. The number of hydrogen-bond acceptors (Lipinski definition) is 2. The van der Waals surface area contributed by atoms with E-state index in [9.17, 15) is 0 Å². The zero-order chi connectivity index (χ0) is 7.28. The Morgan fingerprint density at radius 2 is 1.78 bits per heavy atom. The monoisotopic (exact) mass is 131 g/mol. The van der Waals surface area contributed by atoms with Crippen LogP contribution in [0.2, 0.25) is 0 Å². The summed E-state index contributed by atoms with van der Waals surface area (Å²) in [5, 5.41) is 0. The van der Waals surface area contributed by atoms with E-state index >= 15 is 0 Å². The van der Waals surface area contributed by atoms with Gasteiger partial charge in [0.05, 0.1) is 6.61 Å². The first-order chi connectivity index (χ1) is 4.13. The van der Waals surface area contributed by atoms with Gasteiger partial charge < -0.3 is 4.84 Å². The molecule has 9 heavy (non-hydrogen) atoms. The molecule has 0 aromatic rings. The van der Waals surface area contributed by atoms with Gasteiger partial charge in [0.1, 0.15) is 0 Å². The average molecular weight is 131 g/mol. The van der Waals surface area contributed by atoms with Crippen LogP contribution >= 0.6 is 0 Å². The van der Waals surface area contributed by atoms with Crippen molar-refractivity contribution in [3.63, 3.8) is 0 Å². The summed E-state index contributed by atoms with van der Waals surface area (Å²) in [6.45, 7) is 9.16. The third kappa shape index (κ3) is 7.92. The molecule has 0 unspecified atom stereocenters. The molecule has 0 radical (unpaired) electrons. The number of nitrogens with one attached hydrogen (secondary N) is 1. The van der Waals surface area contributed by atoms with Crippen molar-refractivity contribution >= 4 is 0 Å². The molecule has 56 valence electrons. The summed E-state index contributed by atoms with van der Waals surface area (Å²) in [6, 6.07) is 0.420. The Balaban J connectivity index is 2.91. The van der Waals surface area contributed by atoms with Gasteiger partial charge in [-0.05, 0) is 19.8 Å². The van der Waals surface area contributed by atoms with Gasteiger partial charge in [0.15, 0.2) is 0 Å². The molecule has 2 heteroatoms. The van der Waals surface area contributed by atoms with Crippen LogP contribution < -0.4 is 5.48 Å². The molecule has 2 nitrogen and oxygen atoms in total. The minimum Gasteiger partial charge on any atom is -0.301 e. The zero-order valence-electron chi connectivity index (χ0n) is 6.77. The van der Waals surface area contributed by atoms with Crippen LogP contribution in [-0.4, -0.2) is 12.6 Å². The smallest absolute Gasteiger partial charge is 0.0705 e. The Kier molecular flexibility index (Phi) is 4.72. The fourth-order valence-electron chi connectivity index (χ4n) is 0.381. The molecule has 0 fully saturated rings. The van der Waals surface area contributed by atoms with Crippen molar-refractivity contribution in [1.82, 2.24) is 5.48 Å². The van der Waals surface area contributed by atoms with Gasteiger partial charge in [0, 0.05) is 6.04 Å². The average Bonchev–Trinajstić information content (AvgIpc) is 1.63. The normalized spacial score (nSPS) is 11.3. The van der Waals surface area contributed by atoms with Crippen molar-refractivity contribution in [2.75, 3.05) is 6.61 Å². The van der Waals surface area contributed by atoms with Crippen LogP contribution in [-0.2, 0) is 4.84 Å². The van der Waals surface area contributed by atoms with Crippen LogP contribution in [0.5, 0.6) is 0 Å². The zero-order valence-corrected chi connectivity index (χ0v) is 6.77. The lowest BCUT2D eigenvalue weighted by Crippen LogP contribution is -2.24. The number of hydroxylamine groups is 1. The van der Waals surface area contributed by atoms with Gasteiger partial charge in [-0.2, -0.15) is 0 Å². The van der Waals surface area contributed by atoms with Crippen molar-refractivity contribution in [3.05, 3.63) is 0 Å². The Labute approximate surface area is 57.5 Å². The first-order valence-corrected chi connectivity index (χ1v) is 3.50. The highest BCUT2D eigenvalue weighted by Gasteiger charge is 1.94. The topological polar surface area (TPSA) is 21.3 Å². The molecular weight excluding hydrogens is 114 g/mol. The summed E-state index contributed by atoms with van der Waals surface area (Å²) in [5.74, 6) is 0.608. The van der Waals surface area contributed by atoms with Crippen LogP contribution in [0.1, 0.15) is 27.7 Å². The predicted octanol–water partition coefficient (Wildman–Crippen LogP) is 1.57. The fraction of sp³-hybridized carbons (Fsp3) is 1.00. The van der Waals surface area contributed by atoms with Crippen molar-refractivity contribution in [2.24, 2.45) is 5.92 Å². The van der Waals surface area contributed by atoms with Crippen molar-refractivity contribution in [1.29, 1.82) is 0 Å². The standard InChI is InChI=1S/C7H17NO/c1-6(2)5-9-8-7(3)4/h6-8H,5H2,1-4H3. The number of rotatable bonds is 4. The van der Waals surface area contributed by atoms with Gasteiger partial charge in [0.2, 0.25) is 0 Å². The molecule has 0 aromatic carbocycles. The van der Waals surface area contributed by atoms with Gasteiger partial charge in [-0.3, -0.25) is 0 Å². The molecule has 0 bridgehead atoms. The van der Waals surface area contributed by atoms with Crippen LogP contribution in [0.25, 0.3) is 0 Å². The molecule has 0 rings (SSSR count). The van der Waals surface area contributed by atoms with Crippen LogP contribution in [0, 0.1) is 5.92 Å². The summed E-state index contributed by atoms with van der Waals surface area (Å²) >= 11 is 0. The Morgan fingerprint density at radius 1 is 1.22 bits per heavy atom. The van der Waals surface area contributed by atoms with E-state index in [4.69, 9.17) is 4.84 Å². The highest BCUT2D eigenvalue weighted by Crippen LogP contribution is 1.90. The second-order valence-corrected chi connectivity index (χ2v) is 2.98. The van der Waals surface area contributed by atoms with Crippen molar-refractivity contribution < 1.29 is 4.84 Å². The van der Waals surface area contributed by atoms with E-state index in [-0.39, 0.29) is 0 Å². The van der Waals surface area contributed by atoms with Gasteiger partial charge >= 0.3 is 0 Å². The third-order valence-corrected chi connectivity index (χ3v) is 0.736. The largest absolute Gasteiger partial charge is 0.301 e. The van der Waals surface area contributed by atoms with E-state index in [1.54, 1.807) is 0 Å². The van der Waals surface area contributed by atoms with Gasteiger partial charge in [0.25, 0.3) is 0 Å². The van der Waals surface area contributed by atoms with Crippen molar-refractivity contribution in [3.8, 4) is 0 Å². The lowest BCUT2D eigenvalue weighted by Gasteiger charge is -2.09. The maximum atomic E-state index is 5.11. The molecular formula is C7H17NO. The summed E-state index contributed by atoms with van der Waals surface area (Å²) in [4.78, 5) is 5.11. The van der Waals surface area contributed by atoms with Gasteiger partial charge in [-0.25, -0.2) is 5.48 Å². The SMILES string of the molecule is CC(C)CONC(C)C. The molecule has 0 heterocycles. The van der Waals surface area contributed by atoms with E-state index in [1.165, 1.54) is 0 Å². The summed E-state index contributed by atoms with van der Waals surface area (Å²) in [7, 11) is 0. The Hall–Kier alpha value is -0.0800. The third-order valence-electron chi connectivity index (χ3n) is 0.736. The highest BCUT2D eigenvalue weighted by atomic mass is 16.6. The van der Waals surface area contributed by atoms with E-state index in [1.807, 2.05) is 0 Å². The second kappa shape index (κ2) is 4.77. The minimum atomic E-state index is 0.420. The van der Waals surface area contributed by atoms with E-state index in [2.05, 4.69) is 33.2 Å². The van der Waals surface area contributed by atoms with E-state index < -0.39 is 0 Å². The minimum absolute atomic E-state index is 0.420. The summed E-state index contributed by atoms with van der Waals surface area (Å²) in [5.41, 5.74) is 2.88. The summed E-state index contributed by atoms with van der Waals surface area (Å²) < 4.78 is 0. The molecule has 0 aliphatic carbocycles. The lowest BCUT2D eigenvalue weighted by atomic mass is 10.2. The molecule has 0 aliphatic rings. The van der Waals surface area contributed by atoms with E-state index in [0.29, 0.717) is 12.0 Å². The van der Waals surface area contributed by atoms with Gasteiger partial charge in [-0.1, -0.05) is 13.8 Å². The maximum Gasteiger partial charge on any atom is 0.0705 e. The van der Waals surface area contributed by atoms with Crippen molar-refractivity contribution in [2.45, 2.75) is 33.7 Å². The number of hydrogen-bond donors (Lipinski definition) is 1. The van der Waals surface area contributed by atoms with E-state index in [0.717, 1.165) is 6.61 Å².